The van der Waals surface area contributed by atoms with Gasteiger partial charge in [0, 0.05) is 36.4 Å². The molecule has 0 amide bonds. The van der Waals surface area contributed by atoms with Crippen molar-refractivity contribution < 1.29 is 8.42 Å². The van der Waals surface area contributed by atoms with E-state index >= 15 is 0 Å². The predicted molar refractivity (Wildman–Crippen MR) is 84.3 cm³/mol. The molecule has 20 heavy (non-hydrogen) atoms. The summed E-state index contributed by atoms with van der Waals surface area (Å²) in [6, 6.07) is 6.22. The summed E-state index contributed by atoms with van der Waals surface area (Å²) in [6.45, 7) is 6.04. The Morgan fingerprint density at radius 1 is 1.30 bits per heavy atom. The van der Waals surface area contributed by atoms with E-state index in [1.807, 2.05) is 18.2 Å². The van der Waals surface area contributed by atoms with Gasteiger partial charge in [-0.3, -0.25) is 0 Å². The molecule has 0 saturated carbocycles. The molecule has 1 fully saturated rings. The van der Waals surface area contributed by atoms with Gasteiger partial charge in [-0.25, -0.2) is 8.42 Å². The van der Waals surface area contributed by atoms with Gasteiger partial charge in [0.25, 0.3) is 0 Å². The van der Waals surface area contributed by atoms with E-state index in [1.54, 1.807) is 0 Å². The number of hydrogen-bond acceptors (Lipinski definition) is 4. The third-order valence-electron chi connectivity index (χ3n) is 3.43. The number of nitrogens with one attached hydrogen (secondary N) is 1. The van der Waals surface area contributed by atoms with Gasteiger partial charge in [-0.15, -0.1) is 0 Å². The molecule has 2 rings (SSSR count). The summed E-state index contributed by atoms with van der Waals surface area (Å²) in [7, 11) is -2.86. The van der Waals surface area contributed by atoms with Crippen molar-refractivity contribution in [2.75, 3.05) is 29.5 Å². The van der Waals surface area contributed by atoms with E-state index in [-0.39, 0.29) is 11.5 Å². The average molecular weight is 317 g/mol. The van der Waals surface area contributed by atoms with Crippen LogP contribution in [0.5, 0.6) is 0 Å². The van der Waals surface area contributed by atoms with Gasteiger partial charge in [0.15, 0.2) is 9.84 Å². The molecule has 1 N–H and O–H groups in total. The third-order valence-corrected chi connectivity index (χ3v) is 5.28. The van der Waals surface area contributed by atoms with Crippen molar-refractivity contribution in [3.8, 4) is 0 Å². The summed E-state index contributed by atoms with van der Waals surface area (Å²) in [5, 5.41) is 4.07. The summed E-state index contributed by atoms with van der Waals surface area (Å²) in [4.78, 5) is 2.12. The molecule has 1 heterocycles. The topological polar surface area (TPSA) is 49.4 Å². The largest absolute Gasteiger partial charge is 0.369 e. The number of benzene rings is 1. The van der Waals surface area contributed by atoms with E-state index in [0.29, 0.717) is 24.2 Å². The fraction of sp³-hybridized carbons (Fsp3) is 0.571. The minimum absolute atomic E-state index is 0.219. The van der Waals surface area contributed by atoms with Crippen LogP contribution in [0.1, 0.15) is 19.4 Å². The molecule has 6 heteroatoms. The highest BCUT2D eigenvalue weighted by atomic mass is 35.5. The van der Waals surface area contributed by atoms with E-state index in [4.69, 9.17) is 11.6 Å². The van der Waals surface area contributed by atoms with Gasteiger partial charge in [0.05, 0.1) is 11.5 Å². The van der Waals surface area contributed by atoms with Crippen LogP contribution >= 0.6 is 11.6 Å². The maximum atomic E-state index is 11.5. The van der Waals surface area contributed by atoms with Crippen LogP contribution in [0.4, 0.5) is 5.69 Å². The number of nitrogens with zero attached hydrogens (tertiary/aromatic N) is 1. The number of rotatable bonds is 4. The van der Waals surface area contributed by atoms with Gasteiger partial charge >= 0.3 is 0 Å². The molecular weight excluding hydrogens is 296 g/mol. The Bertz CT molecular complexity index is 559. The monoisotopic (exact) mass is 316 g/mol. The lowest BCUT2D eigenvalue weighted by Crippen LogP contribution is -2.41. The van der Waals surface area contributed by atoms with Crippen LogP contribution in [0.2, 0.25) is 5.02 Å². The summed E-state index contributed by atoms with van der Waals surface area (Å²) in [6.07, 6.45) is 0. The molecule has 0 aromatic heterocycles. The highest BCUT2D eigenvalue weighted by molar-refractivity contribution is 7.91. The second-order valence-corrected chi connectivity index (χ2v) is 8.19. The molecule has 4 nitrogen and oxygen atoms in total. The fourth-order valence-corrected chi connectivity index (χ4v) is 3.62. The van der Waals surface area contributed by atoms with Crippen molar-refractivity contribution in [1.82, 2.24) is 5.32 Å². The van der Waals surface area contributed by atoms with Crippen LogP contribution in [0.15, 0.2) is 18.2 Å². The minimum Gasteiger partial charge on any atom is -0.369 e. The Morgan fingerprint density at radius 2 is 1.95 bits per heavy atom. The quantitative estimate of drug-likeness (QED) is 0.924. The van der Waals surface area contributed by atoms with Crippen LogP contribution in [0.3, 0.4) is 0 Å². The van der Waals surface area contributed by atoms with Gasteiger partial charge in [-0.1, -0.05) is 31.5 Å². The van der Waals surface area contributed by atoms with Gasteiger partial charge in [-0.05, 0) is 17.7 Å². The first-order valence-electron chi connectivity index (χ1n) is 6.84. The lowest BCUT2D eigenvalue weighted by molar-refractivity contribution is 0.582. The standard InChI is InChI=1S/C14H21ClN2O2S/c1-11(2)16-10-12-3-4-13(15)9-14(12)17-5-7-20(18,19)8-6-17/h3-4,9,11,16H,5-8,10H2,1-2H3. The minimum atomic E-state index is -2.86. The summed E-state index contributed by atoms with van der Waals surface area (Å²) in [5.41, 5.74) is 2.20. The zero-order valence-corrected chi connectivity index (χ0v) is 13.5. The molecule has 1 aliphatic heterocycles. The molecule has 0 bridgehead atoms. The fourth-order valence-electron chi connectivity index (χ4n) is 2.25. The number of sulfone groups is 1. The van der Waals surface area contributed by atoms with E-state index in [0.717, 1.165) is 17.8 Å². The average Bonchev–Trinajstić information content (AvgIpc) is 2.37. The van der Waals surface area contributed by atoms with Crippen molar-refractivity contribution >= 4 is 27.1 Å². The highest BCUT2D eigenvalue weighted by Gasteiger charge is 2.23. The van der Waals surface area contributed by atoms with E-state index in [1.165, 1.54) is 0 Å². The normalized spacial score (nSPS) is 18.5. The molecule has 0 radical (unpaired) electrons. The zero-order chi connectivity index (χ0) is 14.8. The second-order valence-electron chi connectivity index (χ2n) is 5.45. The maximum Gasteiger partial charge on any atom is 0.153 e. The van der Waals surface area contributed by atoms with Gasteiger partial charge in [0.1, 0.15) is 0 Å². The number of halogens is 1. The second kappa shape index (κ2) is 6.33. The van der Waals surface area contributed by atoms with Crippen LogP contribution in [0.25, 0.3) is 0 Å². The lowest BCUT2D eigenvalue weighted by Gasteiger charge is -2.31. The zero-order valence-electron chi connectivity index (χ0n) is 11.9. The molecule has 0 unspecified atom stereocenters. The third kappa shape index (κ3) is 4.11. The molecule has 1 aromatic rings. The van der Waals surface area contributed by atoms with Gasteiger partial charge < -0.3 is 10.2 Å². The SMILES string of the molecule is CC(C)NCc1ccc(Cl)cc1N1CCS(=O)(=O)CC1. The van der Waals surface area contributed by atoms with Crippen molar-refractivity contribution in [2.45, 2.75) is 26.4 Å². The molecule has 0 atom stereocenters. The van der Waals surface area contributed by atoms with Gasteiger partial charge in [0.2, 0.25) is 0 Å². The Labute approximate surface area is 126 Å². The Hall–Kier alpha value is -0.780. The van der Waals surface area contributed by atoms with Crippen LogP contribution in [-0.4, -0.2) is 39.1 Å². The summed E-state index contributed by atoms with van der Waals surface area (Å²) in [5.74, 6) is 0.438. The summed E-state index contributed by atoms with van der Waals surface area (Å²) >= 11 is 6.09. The van der Waals surface area contributed by atoms with Gasteiger partial charge in [-0.2, -0.15) is 0 Å². The first-order valence-corrected chi connectivity index (χ1v) is 9.04. The number of anilines is 1. The van der Waals surface area contributed by atoms with E-state index in [2.05, 4.69) is 24.1 Å². The first kappa shape index (κ1) is 15.6. The van der Waals surface area contributed by atoms with E-state index in [9.17, 15) is 8.42 Å². The number of hydrogen-bond donors (Lipinski definition) is 1. The lowest BCUT2D eigenvalue weighted by atomic mass is 10.1. The van der Waals surface area contributed by atoms with Crippen LogP contribution < -0.4 is 10.2 Å². The molecule has 1 aromatic carbocycles. The van der Waals surface area contributed by atoms with Crippen LogP contribution in [0, 0.1) is 0 Å². The van der Waals surface area contributed by atoms with Crippen molar-refractivity contribution in [3.63, 3.8) is 0 Å². The highest BCUT2D eigenvalue weighted by Crippen LogP contribution is 2.26. The molecule has 1 saturated heterocycles. The maximum absolute atomic E-state index is 11.5. The Morgan fingerprint density at radius 3 is 2.55 bits per heavy atom. The first-order chi connectivity index (χ1) is 9.37. The smallest absolute Gasteiger partial charge is 0.153 e. The molecule has 112 valence electrons. The van der Waals surface area contributed by atoms with Crippen molar-refractivity contribution in [2.24, 2.45) is 0 Å². The molecule has 1 aliphatic rings. The molecule has 0 aliphatic carbocycles. The summed E-state index contributed by atoms with van der Waals surface area (Å²) < 4.78 is 23.1. The van der Waals surface area contributed by atoms with E-state index < -0.39 is 9.84 Å². The van der Waals surface area contributed by atoms with Crippen molar-refractivity contribution in [1.29, 1.82) is 0 Å². The predicted octanol–water partition coefficient (Wildman–Crippen LogP) is 2.07. The molecular formula is C14H21ClN2O2S. The van der Waals surface area contributed by atoms with Crippen LogP contribution in [-0.2, 0) is 16.4 Å². The Kier molecular flexibility index (Phi) is 4.94. The van der Waals surface area contributed by atoms with Crippen molar-refractivity contribution in [3.05, 3.63) is 28.8 Å². The molecule has 0 spiro atoms. The Balaban J connectivity index is 2.19.